The monoisotopic (exact) mass is 743 g/mol. The van der Waals surface area contributed by atoms with Gasteiger partial charge < -0.3 is 0 Å². The van der Waals surface area contributed by atoms with E-state index in [4.69, 9.17) is 0 Å². The highest BCUT2D eigenvalue weighted by Gasteiger charge is 2.35. The van der Waals surface area contributed by atoms with Crippen LogP contribution in [0.25, 0.3) is 0 Å². The van der Waals surface area contributed by atoms with Crippen molar-refractivity contribution in [3.63, 3.8) is 0 Å². The van der Waals surface area contributed by atoms with Crippen molar-refractivity contribution in [3.05, 3.63) is 31.7 Å². The van der Waals surface area contributed by atoms with Gasteiger partial charge in [-0.2, -0.15) is 0 Å². The van der Waals surface area contributed by atoms with Gasteiger partial charge in [0.15, 0.2) is 4.29 Å². The van der Waals surface area contributed by atoms with Crippen molar-refractivity contribution in [3.8, 4) is 0 Å². The lowest BCUT2D eigenvalue weighted by Gasteiger charge is -2.26. The Morgan fingerprint density at radius 2 is 1.35 bits per heavy atom. The van der Waals surface area contributed by atoms with Gasteiger partial charge in [0.25, 0.3) is 0 Å². The van der Waals surface area contributed by atoms with Gasteiger partial charge in [-0.25, -0.2) is 0 Å². The standard InChI is InChI=1S/C9H4Br8/c1-3-6(9(15,16)17)4(8(12,13)14)2-5(10)7(3)11/h2H,1H3. The molecule has 0 nitrogen and oxygen atoms in total. The summed E-state index contributed by atoms with van der Waals surface area (Å²) in [5, 5.41) is 0. The highest BCUT2D eigenvalue weighted by atomic mass is 80.0. The Hall–Kier alpha value is 3.06. The Balaban J connectivity index is 3.71. The summed E-state index contributed by atoms with van der Waals surface area (Å²) in [7, 11) is 0. The quantitative estimate of drug-likeness (QED) is 0.235. The van der Waals surface area contributed by atoms with Crippen LogP contribution in [0.15, 0.2) is 15.0 Å². The van der Waals surface area contributed by atoms with Crippen LogP contribution in [0.4, 0.5) is 0 Å². The molecule has 0 aliphatic carbocycles. The van der Waals surface area contributed by atoms with Gasteiger partial charge in [0.2, 0.25) is 0 Å². The van der Waals surface area contributed by atoms with Crippen LogP contribution in [-0.4, -0.2) is 0 Å². The fourth-order valence-corrected chi connectivity index (χ4v) is 4.65. The van der Waals surface area contributed by atoms with Gasteiger partial charge in [-0.1, -0.05) is 95.6 Å². The molecule has 0 fully saturated rings. The first-order valence-electron chi connectivity index (χ1n) is 4.09. The summed E-state index contributed by atoms with van der Waals surface area (Å²) in [5.41, 5.74) is 3.22. The molecule has 0 bridgehead atoms. The first-order valence-corrected chi connectivity index (χ1v) is 10.4. The third-order valence-electron chi connectivity index (χ3n) is 2.04. The second-order valence-electron chi connectivity index (χ2n) is 3.22. The van der Waals surface area contributed by atoms with Crippen LogP contribution in [0.3, 0.4) is 0 Å². The van der Waals surface area contributed by atoms with E-state index in [-0.39, 0.29) is 0 Å². The summed E-state index contributed by atoms with van der Waals surface area (Å²) in [6, 6.07) is 2.03. The molecule has 0 unspecified atom stereocenters. The van der Waals surface area contributed by atoms with Crippen molar-refractivity contribution in [1.82, 2.24) is 0 Å². The number of hydrogen-bond acceptors (Lipinski definition) is 0. The first-order chi connectivity index (χ1) is 7.46. The maximum atomic E-state index is 3.57. The molecule has 0 saturated carbocycles. The molecule has 0 aliphatic rings. The molecule has 0 aromatic heterocycles. The molecular weight excluding hydrogens is 747 g/mol. The van der Waals surface area contributed by atoms with Crippen molar-refractivity contribution in [1.29, 1.82) is 0 Å². The zero-order valence-corrected chi connectivity index (χ0v) is 20.8. The molecule has 0 N–H and O–H groups in total. The Morgan fingerprint density at radius 3 is 1.71 bits per heavy atom. The predicted molar refractivity (Wildman–Crippen MR) is 103 cm³/mol. The largest absolute Gasteiger partial charge is 0.160 e. The van der Waals surface area contributed by atoms with E-state index in [1.54, 1.807) is 0 Å². The number of benzene rings is 1. The van der Waals surface area contributed by atoms with Crippen LogP contribution < -0.4 is 0 Å². The lowest BCUT2D eigenvalue weighted by molar-refractivity contribution is 1.16. The summed E-state index contributed by atoms with van der Waals surface area (Å²) in [4.78, 5) is 0. The predicted octanol–water partition coefficient (Wildman–Crippen LogP) is 8.11. The van der Waals surface area contributed by atoms with E-state index < -0.39 is 4.29 Å². The molecule has 0 radical (unpaired) electrons. The van der Waals surface area contributed by atoms with Crippen molar-refractivity contribution in [2.75, 3.05) is 0 Å². The molecule has 1 aromatic rings. The SMILES string of the molecule is Cc1c(Br)c(Br)cc(C(Br)(Br)Br)c1C(Br)(Br)Br. The lowest BCUT2D eigenvalue weighted by atomic mass is 10.0. The molecule has 0 saturated heterocycles. The highest BCUT2D eigenvalue weighted by molar-refractivity contribution is 9.39. The van der Waals surface area contributed by atoms with Gasteiger partial charge >= 0.3 is 0 Å². The van der Waals surface area contributed by atoms with Gasteiger partial charge in [0, 0.05) is 14.5 Å². The summed E-state index contributed by atoms with van der Waals surface area (Å²) in [5.74, 6) is 0. The Morgan fingerprint density at radius 1 is 0.882 bits per heavy atom. The van der Waals surface area contributed by atoms with Crippen LogP contribution in [0, 0.1) is 6.92 Å². The molecule has 0 spiro atoms. The topological polar surface area (TPSA) is 0 Å². The molecule has 1 rings (SSSR count). The van der Waals surface area contributed by atoms with Gasteiger partial charge in [0.05, 0.1) is 0 Å². The molecule has 0 heterocycles. The van der Waals surface area contributed by atoms with E-state index >= 15 is 0 Å². The number of halogens is 8. The second kappa shape index (κ2) is 6.44. The van der Waals surface area contributed by atoms with Crippen molar-refractivity contribution >= 4 is 127 Å². The second-order valence-corrected chi connectivity index (χ2v) is 18.4. The van der Waals surface area contributed by atoms with E-state index in [2.05, 4.69) is 127 Å². The number of hydrogen-bond donors (Lipinski definition) is 0. The van der Waals surface area contributed by atoms with Gasteiger partial charge in [-0.05, 0) is 56.0 Å². The molecule has 0 atom stereocenters. The van der Waals surface area contributed by atoms with Crippen molar-refractivity contribution in [2.24, 2.45) is 0 Å². The van der Waals surface area contributed by atoms with E-state index in [0.29, 0.717) is 0 Å². The van der Waals surface area contributed by atoms with E-state index in [1.807, 2.05) is 13.0 Å². The normalized spacial score (nSPS) is 13.0. The van der Waals surface area contributed by atoms with E-state index in [1.165, 1.54) is 0 Å². The van der Waals surface area contributed by atoms with Crippen LogP contribution >= 0.6 is 127 Å². The lowest BCUT2D eigenvalue weighted by Crippen LogP contribution is -2.12. The molecule has 0 aliphatic heterocycles. The Kier molecular flexibility index (Phi) is 6.86. The zero-order valence-electron chi connectivity index (χ0n) is 8.10. The van der Waals surface area contributed by atoms with E-state index in [9.17, 15) is 0 Å². The maximum Gasteiger partial charge on any atom is 0.160 e. The summed E-state index contributed by atoms with van der Waals surface area (Å²) >= 11 is 28.5. The molecule has 0 amide bonds. The average Bonchev–Trinajstić information content (AvgIpc) is 2.09. The molecular formula is C9H4Br8. The number of rotatable bonds is 0. The van der Waals surface area contributed by atoms with Gasteiger partial charge in [-0.3, -0.25) is 0 Å². The van der Waals surface area contributed by atoms with Crippen LogP contribution in [0.1, 0.15) is 16.7 Å². The fourth-order valence-electron chi connectivity index (χ4n) is 1.34. The fraction of sp³-hybridized carbons (Fsp3) is 0.333. The average molecular weight is 751 g/mol. The van der Waals surface area contributed by atoms with Crippen LogP contribution in [0.2, 0.25) is 0 Å². The minimum atomic E-state index is -0.490. The summed E-state index contributed by atoms with van der Waals surface area (Å²) in [6.45, 7) is 2.05. The third-order valence-corrected chi connectivity index (χ3v) is 6.69. The Bertz CT molecular complexity index is 440. The van der Waals surface area contributed by atoms with Crippen LogP contribution in [-0.2, 0) is 4.29 Å². The molecule has 1 aromatic carbocycles. The molecule has 8 heteroatoms. The molecule has 96 valence electrons. The minimum absolute atomic E-state index is 0.489. The maximum absolute atomic E-state index is 3.57. The van der Waals surface area contributed by atoms with Crippen LogP contribution in [0.5, 0.6) is 0 Å². The van der Waals surface area contributed by atoms with Crippen molar-refractivity contribution in [2.45, 2.75) is 11.2 Å². The third kappa shape index (κ3) is 4.51. The number of alkyl halides is 6. The van der Waals surface area contributed by atoms with Crippen molar-refractivity contribution < 1.29 is 0 Å². The van der Waals surface area contributed by atoms with Gasteiger partial charge in [0.1, 0.15) is 0 Å². The Labute approximate surface area is 167 Å². The van der Waals surface area contributed by atoms with Gasteiger partial charge in [-0.15, -0.1) is 0 Å². The molecule has 17 heavy (non-hydrogen) atoms. The summed E-state index contributed by atoms with van der Waals surface area (Å²) in [6.07, 6.45) is 0. The minimum Gasteiger partial charge on any atom is -0.0546 e. The smallest absolute Gasteiger partial charge is 0.0546 e. The van der Waals surface area contributed by atoms with E-state index in [0.717, 1.165) is 25.6 Å². The zero-order chi connectivity index (χ0) is 13.6. The summed E-state index contributed by atoms with van der Waals surface area (Å²) < 4.78 is 1.04. The first kappa shape index (κ1) is 18.1. The highest BCUT2D eigenvalue weighted by Crippen LogP contribution is 2.56.